The Morgan fingerprint density at radius 3 is 1.62 bits per heavy atom. The van der Waals surface area contributed by atoms with Crippen molar-refractivity contribution in [1.82, 2.24) is 5.32 Å². The molecule has 0 aromatic rings. The molecule has 0 saturated carbocycles. The zero-order valence-corrected chi connectivity index (χ0v) is 17.8. The lowest BCUT2D eigenvalue weighted by molar-refractivity contribution is -0.148. The van der Waals surface area contributed by atoms with E-state index in [1.807, 2.05) is 13.8 Å². The third kappa shape index (κ3) is 11.2. The first-order valence-electron chi connectivity index (χ1n) is 11.3. The van der Waals surface area contributed by atoms with Crippen LogP contribution in [0.2, 0.25) is 0 Å². The predicted molar refractivity (Wildman–Crippen MR) is 112 cm³/mol. The summed E-state index contributed by atoms with van der Waals surface area (Å²) < 4.78 is 0. The van der Waals surface area contributed by atoms with Crippen molar-refractivity contribution in [2.45, 2.75) is 123 Å². The van der Waals surface area contributed by atoms with Gasteiger partial charge in [0.05, 0.1) is 0 Å². The third-order valence-electron chi connectivity index (χ3n) is 5.56. The Balaban J connectivity index is 3.67. The van der Waals surface area contributed by atoms with Gasteiger partial charge < -0.3 is 10.8 Å². The summed E-state index contributed by atoms with van der Waals surface area (Å²) >= 11 is 0. The molecule has 0 spiro atoms. The number of hydrogen-bond acceptors (Lipinski definition) is 3. The summed E-state index contributed by atoms with van der Waals surface area (Å²) in [7, 11) is 0. The van der Waals surface area contributed by atoms with Crippen LogP contribution in [-0.2, 0) is 4.79 Å². The molecule has 0 radical (unpaired) electrons. The molecular weight excluding hydrogens is 324 g/mol. The molecule has 4 heteroatoms. The largest absolute Gasteiger partial charge is 0.367 e. The molecule has 2 unspecified atom stereocenters. The minimum absolute atomic E-state index is 0.104. The molecule has 26 heavy (non-hydrogen) atoms. The van der Waals surface area contributed by atoms with Crippen molar-refractivity contribution in [2.24, 2.45) is 11.7 Å². The monoisotopic (exact) mass is 370 g/mol. The predicted octanol–water partition coefficient (Wildman–Crippen LogP) is 5.28. The van der Waals surface area contributed by atoms with Crippen LogP contribution in [0, 0.1) is 5.92 Å². The Morgan fingerprint density at radius 1 is 0.846 bits per heavy atom. The Bertz CT molecular complexity index is 336. The lowest BCUT2D eigenvalue weighted by Gasteiger charge is -2.33. The molecule has 1 amide bonds. The van der Waals surface area contributed by atoms with E-state index in [9.17, 15) is 9.90 Å². The number of nitrogens with two attached hydrogens (primary N) is 1. The number of amides is 1. The van der Waals surface area contributed by atoms with Crippen LogP contribution in [0.15, 0.2) is 0 Å². The average Bonchev–Trinajstić information content (AvgIpc) is 2.62. The maximum absolute atomic E-state index is 11.7. The van der Waals surface area contributed by atoms with Gasteiger partial charge in [0.25, 0.3) is 5.91 Å². The molecule has 0 saturated heterocycles. The number of primary amides is 1. The Hall–Kier alpha value is -0.610. The zero-order chi connectivity index (χ0) is 19.7. The second-order valence-electron chi connectivity index (χ2n) is 7.80. The van der Waals surface area contributed by atoms with E-state index < -0.39 is 11.6 Å². The molecule has 156 valence electrons. The van der Waals surface area contributed by atoms with Gasteiger partial charge in [0, 0.05) is 5.92 Å². The number of carbonyl (C=O) groups excluding carboxylic acids is 1. The standard InChI is InChI=1S/C22H46N2O2/c1-4-7-8-9-10-11-12-13-14-15-16-17-18-19-20(5-2)22(26,21(23)25)24-6-3/h20,24,26H,4-19H2,1-3H3,(H2,23,25). The molecule has 0 heterocycles. The lowest BCUT2D eigenvalue weighted by Crippen LogP contribution is -2.60. The van der Waals surface area contributed by atoms with Gasteiger partial charge in [-0.2, -0.15) is 0 Å². The second kappa shape index (κ2) is 16.6. The van der Waals surface area contributed by atoms with Gasteiger partial charge in [-0.15, -0.1) is 0 Å². The maximum Gasteiger partial charge on any atom is 0.265 e. The first kappa shape index (κ1) is 25.4. The van der Waals surface area contributed by atoms with Crippen LogP contribution in [0.1, 0.15) is 117 Å². The van der Waals surface area contributed by atoms with Crippen molar-refractivity contribution in [3.63, 3.8) is 0 Å². The number of rotatable bonds is 19. The number of hydrogen-bond donors (Lipinski definition) is 3. The number of likely N-dealkylation sites (N-methyl/N-ethyl adjacent to an activating group) is 1. The summed E-state index contributed by atoms with van der Waals surface area (Å²) in [5, 5.41) is 13.4. The molecule has 0 aliphatic rings. The van der Waals surface area contributed by atoms with Gasteiger partial charge in [0.1, 0.15) is 0 Å². The van der Waals surface area contributed by atoms with Gasteiger partial charge in [0.15, 0.2) is 5.72 Å². The van der Waals surface area contributed by atoms with E-state index in [2.05, 4.69) is 12.2 Å². The van der Waals surface area contributed by atoms with E-state index in [0.29, 0.717) is 6.54 Å². The van der Waals surface area contributed by atoms with Crippen LogP contribution in [-0.4, -0.2) is 23.3 Å². The van der Waals surface area contributed by atoms with E-state index >= 15 is 0 Å². The van der Waals surface area contributed by atoms with Crippen LogP contribution in [0.3, 0.4) is 0 Å². The number of aliphatic hydroxyl groups is 1. The van der Waals surface area contributed by atoms with E-state index in [1.54, 1.807) is 0 Å². The third-order valence-corrected chi connectivity index (χ3v) is 5.56. The normalized spacial score (nSPS) is 14.9. The molecule has 0 aliphatic heterocycles. The van der Waals surface area contributed by atoms with Gasteiger partial charge in [0.2, 0.25) is 0 Å². The first-order valence-corrected chi connectivity index (χ1v) is 11.3. The van der Waals surface area contributed by atoms with E-state index in [0.717, 1.165) is 19.3 Å². The highest BCUT2D eigenvalue weighted by molar-refractivity contribution is 5.83. The molecular formula is C22H46N2O2. The highest BCUT2D eigenvalue weighted by Gasteiger charge is 2.40. The Labute approximate surface area is 162 Å². The van der Waals surface area contributed by atoms with Crippen LogP contribution < -0.4 is 11.1 Å². The molecule has 0 fully saturated rings. The Kier molecular flexibility index (Phi) is 16.2. The summed E-state index contributed by atoms with van der Waals surface area (Å²) in [5.74, 6) is -0.756. The summed E-state index contributed by atoms with van der Waals surface area (Å²) in [6, 6.07) is 0. The van der Waals surface area contributed by atoms with Crippen LogP contribution >= 0.6 is 0 Å². The van der Waals surface area contributed by atoms with Crippen molar-refractivity contribution < 1.29 is 9.90 Å². The van der Waals surface area contributed by atoms with Crippen molar-refractivity contribution >= 4 is 5.91 Å². The van der Waals surface area contributed by atoms with Crippen molar-refractivity contribution in [3.8, 4) is 0 Å². The Morgan fingerprint density at radius 2 is 1.27 bits per heavy atom. The minimum atomic E-state index is -1.55. The van der Waals surface area contributed by atoms with E-state index in [-0.39, 0.29) is 5.92 Å². The van der Waals surface area contributed by atoms with Gasteiger partial charge in [-0.1, -0.05) is 104 Å². The molecule has 4 nitrogen and oxygen atoms in total. The topological polar surface area (TPSA) is 75.3 Å². The number of unbranched alkanes of at least 4 members (excludes halogenated alkanes) is 12. The summed E-state index contributed by atoms with van der Waals surface area (Å²) in [6.45, 7) is 6.70. The summed E-state index contributed by atoms with van der Waals surface area (Å²) in [6.07, 6.45) is 18.8. The number of nitrogens with one attached hydrogen (secondary N) is 1. The lowest BCUT2D eigenvalue weighted by atomic mass is 9.87. The van der Waals surface area contributed by atoms with Crippen LogP contribution in [0.4, 0.5) is 0 Å². The molecule has 2 atom stereocenters. The first-order chi connectivity index (χ1) is 12.5. The molecule has 0 aromatic heterocycles. The molecule has 0 rings (SSSR count). The van der Waals surface area contributed by atoms with E-state index in [4.69, 9.17) is 5.73 Å². The summed E-state index contributed by atoms with van der Waals surface area (Å²) in [4.78, 5) is 11.7. The molecule has 0 bridgehead atoms. The maximum atomic E-state index is 11.7. The van der Waals surface area contributed by atoms with Crippen molar-refractivity contribution in [2.75, 3.05) is 6.54 Å². The van der Waals surface area contributed by atoms with Crippen molar-refractivity contribution in [3.05, 3.63) is 0 Å². The van der Waals surface area contributed by atoms with Crippen molar-refractivity contribution in [1.29, 1.82) is 0 Å². The molecule has 4 N–H and O–H groups in total. The number of carbonyl (C=O) groups is 1. The van der Waals surface area contributed by atoms with Gasteiger partial charge in [-0.3, -0.25) is 10.1 Å². The molecule has 0 aromatic carbocycles. The molecule has 0 aliphatic carbocycles. The highest BCUT2D eigenvalue weighted by atomic mass is 16.3. The van der Waals surface area contributed by atoms with Gasteiger partial charge in [-0.05, 0) is 19.4 Å². The van der Waals surface area contributed by atoms with Gasteiger partial charge in [-0.25, -0.2) is 0 Å². The van der Waals surface area contributed by atoms with Crippen LogP contribution in [0.25, 0.3) is 0 Å². The van der Waals surface area contributed by atoms with Crippen LogP contribution in [0.5, 0.6) is 0 Å². The second-order valence-corrected chi connectivity index (χ2v) is 7.80. The highest BCUT2D eigenvalue weighted by Crippen LogP contribution is 2.25. The fourth-order valence-corrected chi connectivity index (χ4v) is 3.82. The summed E-state index contributed by atoms with van der Waals surface area (Å²) in [5.41, 5.74) is 3.87. The quantitative estimate of drug-likeness (QED) is 0.214. The minimum Gasteiger partial charge on any atom is -0.367 e. The van der Waals surface area contributed by atoms with Gasteiger partial charge >= 0.3 is 0 Å². The SMILES string of the molecule is CCCCCCCCCCCCCCCC(CC)C(O)(NCC)C(N)=O. The van der Waals surface area contributed by atoms with E-state index in [1.165, 1.54) is 77.0 Å². The smallest absolute Gasteiger partial charge is 0.265 e. The fourth-order valence-electron chi connectivity index (χ4n) is 3.82. The average molecular weight is 371 g/mol. The zero-order valence-electron chi connectivity index (χ0n) is 17.8. The fraction of sp³-hybridized carbons (Fsp3) is 0.955.